The molecular weight excluding hydrogens is 204 g/mol. The molecule has 0 spiro atoms. The van der Waals surface area contributed by atoms with Gasteiger partial charge in [0, 0.05) is 12.5 Å². The van der Waals surface area contributed by atoms with Gasteiger partial charge in [-0.1, -0.05) is 13.8 Å². The van der Waals surface area contributed by atoms with Crippen molar-refractivity contribution in [2.45, 2.75) is 40.2 Å². The van der Waals surface area contributed by atoms with Crippen LogP contribution in [0.25, 0.3) is 0 Å². The molecule has 0 aliphatic carbocycles. The van der Waals surface area contributed by atoms with E-state index >= 15 is 0 Å². The lowest BCUT2D eigenvalue weighted by Crippen LogP contribution is -2.15. The number of rotatable bonds is 5. The Morgan fingerprint density at radius 1 is 1.12 bits per heavy atom. The summed E-state index contributed by atoms with van der Waals surface area (Å²) in [4.78, 5) is 12.7. The van der Waals surface area contributed by atoms with Crippen molar-refractivity contribution in [3.05, 3.63) is 5.82 Å². The highest BCUT2D eigenvalue weighted by Gasteiger charge is 2.08. The van der Waals surface area contributed by atoms with Gasteiger partial charge >= 0.3 is 6.01 Å². The molecule has 5 nitrogen and oxygen atoms in total. The average Bonchev–Trinajstić information content (AvgIpc) is 2.14. The molecule has 0 aliphatic rings. The molecule has 0 unspecified atom stereocenters. The second-order valence-electron chi connectivity index (χ2n) is 4.46. The second-order valence-corrected chi connectivity index (χ2v) is 4.46. The topological polar surface area (TPSA) is 59.9 Å². The first-order valence-corrected chi connectivity index (χ1v) is 5.56. The Hall–Kier alpha value is -1.39. The van der Waals surface area contributed by atoms with Crippen LogP contribution in [-0.4, -0.2) is 28.1 Å². The van der Waals surface area contributed by atoms with Gasteiger partial charge in [-0.2, -0.15) is 15.0 Å². The first-order chi connectivity index (χ1) is 7.51. The minimum Gasteiger partial charge on any atom is -0.467 e. The molecule has 1 aromatic heterocycles. The predicted octanol–water partition coefficient (Wildman–Crippen LogP) is 1.90. The minimum atomic E-state index is 0.291. The Balaban J connectivity index is 2.91. The Labute approximate surface area is 96.7 Å². The lowest BCUT2D eigenvalue weighted by Gasteiger charge is -2.11. The summed E-state index contributed by atoms with van der Waals surface area (Å²) >= 11 is 0. The summed E-state index contributed by atoms with van der Waals surface area (Å²) in [6.07, 6.45) is 0.825. The van der Waals surface area contributed by atoms with E-state index in [0.717, 1.165) is 12.2 Å². The molecule has 0 radical (unpaired) electrons. The Kier molecular flexibility index (Phi) is 4.46. The number of nitrogens with zero attached hydrogens (tertiary/aromatic N) is 3. The van der Waals surface area contributed by atoms with Gasteiger partial charge in [0.1, 0.15) is 5.82 Å². The van der Waals surface area contributed by atoms with E-state index in [-0.39, 0.29) is 0 Å². The first kappa shape index (κ1) is 12.7. The number of methoxy groups -OCH3 is 1. The molecule has 0 saturated carbocycles. The van der Waals surface area contributed by atoms with Crippen LogP contribution >= 0.6 is 0 Å². The fourth-order valence-electron chi connectivity index (χ4n) is 1.27. The van der Waals surface area contributed by atoms with E-state index in [1.165, 1.54) is 0 Å². The molecule has 0 atom stereocenters. The maximum Gasteiger partial charge on any atom is 0.321 e. The summed E-state index contributed by atoms with van der Waals surface area (Å²) in [5.74, 6) is 1.86. The van der Waals surface area contributed by atoms with Gasteiger partial charge in [-0.15, -0.1) is 0 Å². The smallest absolute Gasteiger partial charge is 0.321 e. The zero-order chi connectivity index (χ0) is 12.1. The molecular formula is C11H20N4O. The van der Waals surface area contributed by atoms with Crippen LogP contribution in [0.4, 0.5) is 5.95 Å². The van der Waals surface area contributed by atoms with Gasteiger partial charge in [-0.25, -0.2) is 0 Å². The summed E-state index contributed by atoms with van der Waals surface area (Å²) in [5, 5.41) is 3.15. The molecule has 0 bridgehead atoms. The van der Waals surface area contributed by atoms with Crippen molar-refractivity contribution >= 4 is 5.95 Å². The van der Waals surface area contributed by atoms with Gasteiger partial charge in [0.15, 0.2) is 0 Å². The molecule has 0 amide bonds. The van der Waals surface area contributed by atoms with Crippen LogP contribution in [-0.2, 0) is 6.42 Å². The van der Waals surface area contributed by atoms with Gasteiger partial charge in [0.25, 0.3) is 0 Å². The second kappa shape index (κ2) is 5.63. The normalized spacial score (nSPS) is 10.9. The van der Waals surface area contributed by atoms with Crippen LogP contribution in [0, 0.1) is 5.92 Å². The fraction of sp³-hybridized carbons (Fsp3) is 0.727. The van der Waals surface area contributed by atoms with Gasteiger partial charge in [0.05, 0.1) is 7.11 Å². The number of hydrogen-bond acceptors (Lipinski definition) is 5. The highest BCUT2D eigenvalue weighted by molar-refractivity contribution is 5.26. The number of nitrogens with one attached hydrogen (secondary N) is 1. The third kappa shape index (κ3) is 4.00. The molecule has 16 heavy (non-hydrogen) atoms. The largest absolute Gasteiger partial charge is 0.467 e. The van der Waals surface area contributed by atoms with Gasteiger partial charge in [-0.3, -0.25) is 0 Å². The van der Waals surface area contributed by atoms with Gasteiger partial charge in [0.2, 0.25) is 5.95 Å². The Morgan fingerprint density at radius 2 is 1.81 bits per heavy atom. The predicted molar refractivity (Wildman–Crippen MR) is 63.7 cm³/mol. The summed E-state index contributed by atoms with van der Waals surface area (Å²) < 4.78 is 5.06. The van der Waals surface area contributed by atoms with Crippen LogP contribution in [0.5, 0.6) is 6.01 Å². The number of ether oxygens (including phenoxy) is 1. The molecule has 0 fully saturated rings. The van der Waals surface area contributed by atoms with E-state index in [1.54, 1.807) is 7.11 Å². The lowest BCUT2D eigenvalue weighted by atomic mass is 10.1. The third-order valence-corrected chi connectivity index (χ3v) is 1.85. The van der Waals surface area contributed by atoms with Crippen molar-refractivity contribution in [2.24, 2.45) is 5.92 Å². The Morgan fingerprint density at radius 3 is 2.31 bits per heavy atom. The molecule has 1 heterocycles. The third-order valence-electron chi connectivity index (χ3n) is 1.85. The number of aromatic nitrogens is 3. The van der Waals surface area contributed by atoms with Crippen molar-refractivity contribution in [1.82, 2.24) is 15.0 Å². The van der Waals surface area contributed by atoms with E-state index in [4.69, 9.17) is 4.74 Å². The monoisotopic (exact) mass is 224 g/mol. The van der Waals surface area contributed by atoms with Crippen LogP contribution < -0.4 is 10.1 Å². The molecule has 1 rings (SSSR count). The van der Waals surface area contributed by atoms with E-state index in [1.807, 2.05) is 13.8 Å². The number of anilines is 1. The standard InChI is InChI=1S/C11H20N4O/c1-7(2)6-9-13-10(12-8(3)4)15-11(14-9)16-5/h7-8H,6H2,1-5H3,(H,12,13,14,15). The molecule has 1 aromatic rings. The lowest BCUT2D eigenvalue weighted by molar-refractivity contribution is 0.375. The van der Waals surface area contributed by atoms with Crippen LogP contribution in [0.2, 0.25) is 0 Å². The Bertz CT molecular complexity index is 311. The maximum absolute atomic E-state index is 5.06. The highest BCUT2D eigenvalue weighted by atomic mass is 16.5. The van der Waals surface area contributed by atoms with Crippen molar-refractivity contribution in [2.75, 3.05) is 12.4 Å². The molecule has 5 heteroatoms. The van der Waals surface area contributed by atoms with Crippen molar-refractivity contribution in [3.63, 3.8) is 0 Å². The maximum atomic E-state index is 5.06. The van der Waals surface area contributed by atoms with Gasteiger partial charge in [-0.05, 0) is 19.8 Å². The van der Waals surface area contributed by atoms with Crippen molar-refractivity contribution < 1.29 is 4.74 Å². The molecule has 0 aliphatic heterocycles. The summed E-state index contributed by atoms with van der Waals surface area (Å²) in [5.41, 5.74) is 0. The molecule has 90 valence electrons. The molecule has 1 N–H and O–H groups in total. The van der Waals surface area contributed by atoms with Crippen molar-refractivity contribution in [3.8, 4) is 6.01 Å². The van der Waals surface area contributed by atoms with Crippen LogP contribution in [0.3, 0.4) is 0 Å². The zero-order valence-corrected chi connectivity index (χ0v) is 10.6. The summed E-state index contributed by atoms with van der Waals surface area (Å²) in [7, 11) is 1.56. The van der Waals surface area contributed by atoms with E-state index in [0.29, 0.717) is 23.9 Å². The number of hydrogen-bond donors (Lipinski definition) is 1. The molecule has 0 saturated heterocycles. The minimum absolute atomic E-state index is 0.291. The van der Waals surface area contributed by atoms with Gasteiger partial charge < -0.3 is 10.1 Å². The highest BCUT2D eigenvalue weighted by Crippen LogP contribution is 2.11. The summed E-state index contributed by atoms with van der Waals surface area (Å²) in [6.45, 7) is 8.34. The summed E-state index contributed by atoms with van der Waals surface area (Å²) in [6, 6.07) is 0.660. The van der Waals surface area contributed by atoms with Crippen LogP contribution in [0.1, 0.15) is 33.5 Å². The van der Waals surface area contributed by atoms with E-state index < -0.39 is 0 Å². The van der Waals surface area contributed by atoms with E-state index in [9.17, 15) is 0 Å². The molecule has 0 aromatic carbocycles. The van der Waals surface area contributed by atoms with E-state index in [2.05, 4.69) is 34.1 Å². The fourth-order valence-corrected chi connectivity index (χ4v) is 1.27. The van der Waals surface area contributed by atoms with Crippen LogP contribution in [0.15, 0.2) is 0 Å². The quantitative estimate of drug-likeness (QED) is 0.827. The average molecular weight is 224 g/mol. The SMILES string of the molecule is COc1nc(CC(C)C)nc(NC(C)C)n1. The zero-order valence-electron chi connectivity index (χ0n) is 10.6. The first-order valence-electron chi connectivity index (χ1n) is 5.56. The van der Waals surface area contributed by atoms with Crippen molar-refractivity contribution in [1.29, 1.82) is 0 Å².